The maximum absolute atomic E-state index is 10.3. The van der Waals surface area contributed by atoms with Gasteiger partial charge in [-0.25, -0.2) is 0 Å². The number of rotatable bonds is 10. The Morgan fingerprint density at radius 3 is 1.88 bits per heavy atom. The van der Waals surface area contributed by atoms with Crippen LogP contribution in [0.1, 0.15) is 45.4 Å². The molecule has 0 aromatic heterocycles. The molecule has 1 N–H and O–H groups in total. The lowest BCUT2D eigenvalue weighted by Crippen LogP contribution is -2.31. The van der Waals surface area contributed by atoms with Crippen LogP contribution < -0.4 is 0 Å². The predicted molar refractivity (Wildman–Crippen MR) is 82.7 cm³/mol. The second-order valence-corrected chi connectivity index (χ2v) is 7.87. The van der Waals surface area contributed by atoms with Gasteiger partial charge in [0.25, 0.3) is 0 Å². The van der Waals surface area contributed by atoms with Gasteiger partial charge in [-0.2, -0.15) is 0 Å². The minimum Gasteiger partial charge on any atom is -0.390 e. The van der Waals surface area contributed by atoms with Crippen LogP contribution in [0.3, 0.4) is 0 Å². The van der Waals surface area contributed by atoms with Gasteiger partial charge in [-0.15, -0.1) is 35.3 Å². The van der Waals surface area contributed by atoms with Gasteiger partial charge in [-0.05, 0) is 25.2 Å². The zero-order chi connectivity index (χ0) is 12.4. The van der Waals surface area contributed by atoms with E-state index in [1.807, 2.05) is 0 Å². The molecule has 1 unspecified atom stereocenters. The van der Waals surface area contributed by atoms with Crippen molar-refractivity contribution in [2.75, 3.05) is 18.8 Å². The van der Waals surface area contributed by atoms with Crippen molar-refractivity contribution in [3.05, 3.63) is 0 Å². The summed E-state index contributed by atoms with van der Waals surface area (Å²) in [7, 11) is 0. The molecule has 0 rings (SSSR count). The molecule has 0 heterocycles. The summed E-state index contributed by atoms with van der Waals surface area (Å²) in [6.45, 7) is 2.23. The van der Waals surface area contributed by atoms with E-state index in [1.54, 1.807) is 35.3 Å². The molecule has 1 nitrogen and oxygen atoms in total. The molecule has 0 radical (unpaired) electrons. The first-order valence-corrected chi connectivity index (χ1v) is 9.67. The van der Waals surface area contributed by atoms with Crippen LogP contribution in [0.4, 0.5) is 0 Å². The summed E-state index contributed by atoms with van der Waals surface area (Å²) in [4.78, 5) is 0. The fourth-order valence-electron chi connectivity index (χ4n) is 1.78. The molecular weight excluding hydrogens is 256 g/mol. The summed E-state index contributed by atoms with van der Waals surface area (Å²) in [6, 6.07) is 0. The van der Waals surface area contributed by atoms with Crippen molar-refractivity contribution in [1.82, 2.24) is 0 Å². The number of hydrogen-bond donors (Lipinski definition) is 1. The fraction of sp³-hybridized carbons (Fsp3) is 1.00. The monoisotopic (exact) mass is 282 g/mol. The van der Waals surface area contributed by atoms with Crippen molar-refractivity contribution in [3.63, 3.8) is 0 Å². The van der Waals surface area contributed by atoms with E-state index in [0.29, 0.717) is 0 Å². The highest BCUT2D eigenvalue weighted by atomic mass is 32.3. The van der Waals surface area contributed by atoms with Crippen LogP contribution in [0.15, 0.2) is 0 Å². The molecule has 0 saturated carbocycles. The third-order valence-electron chi connectivity index (χ3n) is 2.84. The van der Waals surface area contributed by atoms with Crippen molar-refractivity contribution in [2.24, 2.45) is 0 Å². The SMILES string of the molecule is CCCCCCCC(O)C(SC)(SC)SC. The van der Waals surface area contributed by atoms with Crippen LogP contribution in [0.5, 0.6) is 0 Å². The number of aliphatic hydroxyl groups excluding tert-OH is 1. The van der Waals surface area contributed by atoms with E-state index < -0.39 is 0 Å². The van der Waals surface area contributed by atoms with E-state index in [1.165, 1.54) is 25.7 Å². The van der Waals surface area contributed by atoms with E-state index in [2.05, 4.69) is 25.7 Å². The molecule has 0 aliphatic heterocycles. The summed E-state index contributed by atoms with van der Waals surface area (Å²) >= 11 is 5.31. The zero-order valence-electron chi connectivity index (χ0n) is 11.0. The van der Waals surface area contributed by atoms with Gasteiger partial charge in [0.1, 0.15) is 3.41 Å². The minimum absolute atomic E-state index is 0.0647. The first-order valence-electron chi connectivity index (χ1n) is 6.00. The lowest BCUT2D eigenvalue weighted by atomic mass is 10.1. The third-order valence-corrected chi connectivity index (χ3v) is 8.37. The average molecular weight is 283 g/mol. The van der Waals surface area contributed by atoms with Gasteiger partial charge in [0, 0.05) is 0 Å². The molecule has 0 spiro atoms. The zero-order valence-corrected chi connectivity index (χ0v) is 13.4. The Hall–Kier alpha value is 1.01. The summed E-state index contributed by atoms with van der Waals surface area (Å²) in [5.41, 5.74) is 0. The van der Waals surface area contributed by atoms with Gasteiger partial charge in [0.15, 0.2) is 0 Å². The number of thioether (sulfide) groups is 3. The highest BCUT2D eigenvalue weighted by Gasteiger charge is 2.35. The van der Waals surface area contributed by atoms with Crippen molar-refractivity contribution >= 4 is 35.3 Å². The van der Waals surface area contributed by atoms with Crippen molar-refractivity contribution in [3.8, 4) is 0 Å². The molecular formula is C12H26OS3. The Labute approximate surface area is 114 Å². The molecule has 0 amide bonds. The van der Waals surface area contributed by atoms with E-state index in [4.69, 9.17) is 0 Å². The highest BCUT2D eigenvalue weighted by molar-refractivity contribution is 8.33. The van der Waals surface area contributed by atoms with Crippen molar-refractivity contribution < 1.29 is 5.11 Å². The Balaban J connectivity index is 3.88. The van der Waals surface area contributed by atoms with Crippen molar-refractivity contribution in [2.45, 2.75) is 55.0 Å². The average Bonchev–Trinajstić information content (AvgIpc) is 2.32. The largest absolute Gasteiger partial charge is 0.390 e. The van der Waals surface area contributed by atoms with Crippen LogP contribution in [-0.4, -0.2) is 33.4 Å². The van der Waals surface area contributed by atoms with Crippen LogP contribution in [-0.2, 0) is 0 Å². The predicted octanol–water partition coefficient (Wildman–Crippen LogP) is 4.45. The first-order chi connectivity index (χ1) is 7.66. The Kier molecular flexibility index (Phi) is 10.6. The van der Waals surface area contributed by atoms with E-state index in [-0.39, 0.29) is 9.52 Å². The second kappa shape index (κ2) is 9.98. The van der Waals surface area contributed by atoms with Crippen LogP contribution in [0, 0.1) is 0 Å². The molecule has 98 valence electrons. The van der Waals surface area contributed by atoms with Gasteiger partial charge in [-0.3, -0.25) is 0 Å². The maximum atomic E-state index is 10.3. The lowest BCUT2D eigenvalue weighted by molar-refractivity contribution is 0.170. The molecule has 0 saturated heterocycles. The molecule has 0 aliphatic rings. The normalized spacial score (nSPS) is 14.1. The quantitative estimate of drug-likeness (QED) is 0.471. The second-order valence-electron chi connectivity index (χ2n) is 3.93. The maximum Gasteiger partial charge on any atom is 0.132 e. The Morgan fingerprint density at radius 1 is 0.938 bits per heavy atom. The number of unbranched alkanes of at least 4 members (excludes halogenated alkanes) is 4. The smallest absolute Gasteiger partial charge is 0.132 e. The van der Waals surface area contributed by atoms with Gasteiger partial charge >= 0.3 is 0 Å². The molecule has 0 aromatic rings. The number of aliphatic hydroxyl groups is 1. The van der Waals surface area contributed by atoms with Crippen molar-refractivity contribution in [1.29, 1.82) is 0 Å². The lowest BCUT2D eigenvalue weighted by Gasteiger charge is -2.33. The number of hydrogen-bond acceptors (Lipinski definition) is 4. The van der Waals surface area contributed by atoms with Crippen LogP contribution in [0.2, 0.25) is 0 Å². The van der Waals surface area contributed by atoms with E-state index in [9.17, 15) is 5.11 Å². The molecule has 4 heteroatoms. The Morgan fingerprint density at radius 2 is 1.44 bits per heavy atom. The Bertz CT molecular complexity index is 152. The molecule has 0 aromatic carbocycles. The van der Waals surface area contributed by atoms with Gasteiger partial charge in [0.05, 0.1) is 6.10 Å². The third kappa shape index (κ3) is 5.56. The minimum atomic E-state index is -0.200. The molecule has 16 heavy (non-hydrogen) atoms. The van der Waals surface area contributed by atoms with Gasteiger partial charge in [-0.1, -0.05) is 39.0 Å². The highest BCUT2D eigenvalue weighted by Crippen LogP contribution is 2.47. The van der Waals surface area contributed by atoms with Gasteiger partial charge in [0.2, 0.25) is 0 Å². The fourth-order valence-corrected chi connectivity index (χ4v) is 4.95. The molecule has 0 bridgehead atoms. The topological polar surface area (TPSA) is 20.2 Å². The summed E-state index contributed by atoms with van der Waals surface area (Å²) in [5.74, 6) is 0. The molecule has 0 fully saturated rings. The molecule has 1 atom stereocenters. The van der Waals surface area contributed by atoms with Gasteiger partial charge < -0.3 is 5.11 Å². The molecule has 0 aliphatic carbocycles. The van der Waals surface area contributed by atoms with E-state index in [0.717, 1.165) is 12.8 Å². The first kappa shape index (κ1) is 17.0. The van der Waals surface area contributed by atoms with Crippen LogP contribution >= 0.6 is 35.3 Å². The standard InChI is InChI=1S/C12H26OS3/c1-5-6-7-8-9-10-11(13)12(14-2,15-3)16-4/h11,13H,5-10H2,1-4H3. The van der Waals surface area contributed by atoms with E-state index >= 15 is 0 Å². The van der Waals surface area contributed by atoms with Crippen LogP contribution in [0.25, 0.3) is 0 Å². The summed E-state index contributed by atoms with van der Waals surface area (Å²) in [5, 5.41) is 10.3. The summed E-state index contributed by atoms with van der Waals surface area (Å²) in [6.07, 6.45) is 13.4. The summed E-state index contributed by atoms with van der Waals surface area (Å²) < 4.78 is -0.0647.